The van der Waals surface area contributed by atoms with E-state index in [4.69, 9.17) is 19.6 Å². The molecule has 0 fully saturated rings. The smallest absolute Gasteiger partial charge is 0.350 e. The van der Waals surface area contributed by atoms with Crippen molar-refractivity contribution >= 4 is 7.60 Å². The predicted molar refractivity (Wildman–Crippen MR) is 64.9 cm³/mol. The van der Waals surface area contributed by atoms with Crippen LogP contribution in [0, 0.1) is 6.92 Å². The summed E-state index contributed by atoms with van der Waals surface area (Å²) < 4.78 is 16.2. The maximum absolute atomic E-state index is 11.7. The fraction of sp³-hybridized carbons (Fsp3) is 0.556. The highest BCUT2D eigenvalue weighted by Gasteiger charge is 2.19. The molecule has 9 nitrogen and oxygen atoms in total. The molecule has 0 saturated carbocycles. The molecular weight excluding hydrogens is 279 g/mol. The van der Waals surface area contributed by atoms with E-state index in [2.05, 4.69) is 4.98 Å². The van der Waals surface area contributed by atoms with Gasteiger partial charge < -0.3 is 24.6 Å². The van der Waals surface area contributed by atoms with E-state index in [1.54, 1.807) is 0 Å². The topological polar surface area (TPSA) is 142 Å². The Morgan fingerprint density at radius 3 is 2.63 bits per heavy atom. The Morgan fingerprint density at radius 1 is 1.47 bits per heavy atom. The lowest BCUT2D eigenvalue weighted by atomic mass is 10.3. The van der Waals surface area contributed by atoms with E-state index in [1.165, 1.54) is 13.1 Å². The number of aliphatic hydroxyl groups is 1. The standard InChI is InChI=1S/C9H15N2O7P/c1-6-2-10-9(14)11(8(6)13)3-7(4-12)18-5-19(15,16)17/h2,7,12H,3-5H2,1H3,(H,10,14)(H2,15,16,17)/t7-/m0/s1. The van der Waals surface area contributed by atoms with E-state index < -0.39 is 37.9 Å². The van der Waals surface area contributed by atoms with Crippen LogP contribution in [0.4, 0.5) is 0 Å². The molecule has 1 rings (SSSR count). The summed E-state index contributed by atoms with van der Waals surface area (Å²) in [4.78, 5) is 42.8. The molecule has 108 valence electrons. The molecule has 1 aromatic heterocycles. The molecule has 19 heavy (non-hydrogen) atoms. The van der Waals surface area contributed by atoms with Gasteiger partial charge >= 0.3 is 13.3 Å². The van der Waals surface area contributed by atoms with Crippen LogP contribution in [0.3, 0.4) is 0 Å². The number of H-pyrrole nitrogens is 1. The third-order valence-corrected chi connectivity index (χ3v) is 2.79. The molecule has 0 unspecified atom stereocenters. The Kier molecular flexibility index (Phi) is 5.21. The maximum Gasteiger partial charge on any atom is 0.350 e. The fourth-order valence-corrected chi connectivity index (χ4v) is 1.75. The number of nitrogens with one attached hydrogen (secondary N) is 1. The summed E-state index contributed by atoms with van der Waals surface area (Å²) in [6.45, 7) is 0.616. The van der Waals surface area contributed by atoms with Gasteiger partial charge in [0.05, 0.1) is 19.3 Å². The normalized spacial score (nSPS) is 13.5. The molecule has 1 aromatic rings. The first-order valence-corrected chi connectivity index (χ1v) is 7.10. The van der Waals surface area contributed by atoms with Gasteiger partial charge in [-0.15, -0.1) is 0 Å². The number of aromatic amines is 1. The molecule has 0 spiro atoms. The average Bonchev–Trinajstić information content (AvgIpc) is 2.32. The lowest BCUT2D eigenvalue weighted by molar-refractivity contribution is 0.0182. The molecule has 10 heteroatoms. The van der Waals surface area contributed by atoms with E-state index in [0.29, 0.717) is 5.56 Å². The second kappa shape index (κ2) is 6.27. The Balaban J connectivity index is 2.88. The van der Waals surface area contributed by atoms with Crippen LogP contribution in [0.1, 0.15) is 5.56 Å². The lowest BCUT2D eigenvalue weighted by Gasteiger charge is -2.16. The Labute approximate surface area is 107 Å². The van der Waals surface area contributed by atoms with Crippen LogP contribution in [0.15, 0.2) is 15.8 Å². The molecule has 0 radical (unpaired) electrons. The number of nitrogens with zero attached hydrogens (tertiary/aromatic N) is 1. The van der Waals surface area contributed by atoms with Crippen molar-refractivity contribution in [2.45, 2.75) is 19.6 Å². The van der Waals surface area contributed by atoms with Crippen molar-refractivity contribution in [2.75, 3.05) is 13.0 Å². The van der Waals surface area contributed by atoms with Crippen molar-refractivity contribution in [3.05, 3.63) is 32.6 Å². The highest BCUT2D eigenvalue weighted by atomic mass is 31.2. The van der Waals surface area contributed by atoms with Crippen molar-refractivity contribution in [1.82, 2.24) is 9.55 Å². The third-order valence-electron chi connectivity index (χ3n) is 2.31. The van der Waals surface area contributed by atoms with Gasteiger partial charge in [0.25, 0.3) is 5.56 Å². The highest BCUT2D eigenvalue weighted by molar-refractivity contribution is 7.51. The van der Waals surface area contributed by atoms with Crippen molar-refractivity contribution in [2.24, 2.45) is 0 Å². The van der Waals surface area contributed by atoms with Gasteiger partial charge in [-0.25, -0.2) is 4.79 Å². The molecule has 0 bridgehead atoms. The first-order chi connectivity index (χ1) is 8.74. The second-order valence-corrected chi connectivity index (χ2v) is 5.55. The van der Waals surface area contributed by atoms with Gasteiger partial charge in [-0.2, -0.15) is 0 Å². The van der Waals surface area contributed by atoms with Crippen molar-refractivity contribution in [1.29, 1.82) is 0 Å². The molecule has 0 amide bonds. The van der Waals surface area contributed by atoms with Crippen LogP contribution in [0.25, 0.3) is 0 Å². The number of rotatable bonds is 6. The van der Waals surface area contributed by atoms with Crippen LogP contribution in [-0.4, -0.2) is 43.5 Å². The van der Waals surface area contributed by atoms with E-state index in [-0.39, 0.29) is 6.54 Å². The number of aliphatic hydroxyl groups excluding tert-OH is 1. The van der Waals surface area contributed by atoms with Crippen molar-refractivity contribution < 1.29 is 24.2 Å². The summed E-state index contributed by atoms with van der Waals surface area (Å²) in [6, 6.07) is 0. The fourth-order valence-electron chi connectivity index (χ4n) is 1.35. The Morgan fingerprint density at radius 2 is 2.11 bits per heavy atom. The maximum atomic E-state index is 11.7. The van der Waals surface area contributed by atoms with E-state index >= 15 is 0 Å². The van der Waals surface area contributed by atoms with Crippen molar-refractivity contribution in [3.63, 3.8) is 0 Å². The highest BCUT2D eigenvalue weighted by Crippen LogP contribution is 2.34. The van der Waals surface area contributed by atoms with Crippen LogP contribution in [0.5, 0.6) is 0 Å². The summed E-state index contributed by atoms with van der Waals surface area (Å²) in [7, 11) is -4.38. The summed E-state index contributed by atoms with van der Waals surface area (Å²) in [5, 5.41) is 9.03. The molecule has 0 aliphatic carbocycles. The number of ether oxygens (including phenoxy) is 1. The minimum absolute atomic E-state index is 0.297. The van der Waals surface area contributed by atoms with Crippen LogP contribution in [0.2, 0.25) is 0 Å². The van der Waals surface area contributed by atoms with Gasteiger partial charge in [-0.1, -0.05) is 0 Å². The van der Waals surface area contributed by atoms with E-state index in [1.807, 2.05) is 0 Å². The second-order valence-electron chi connectivity index (χ2n) is 3.96. The molecule has 4 N–H and O–H groups in total. The molecule has 1 heterocycles. The molecular formula is C9H15N2O7P. The summed E-state index contributed by atoms with van der Waals surface area (Å²) in [5.74, 6) is 0. The van der Waals surface area contributed by atoms with Gasteiger partial charge in [0.15, 0.2) is 0 Å². The zero-order valence-corrected chi connectivity index (χ0v) is 11.0. The molecule has 0 aliphatic heterocycles. The van der Waals surface area contributed by atoms with E-state index in [0.717, 1.165) is 4.57 Å². The molecule has 0 aliphatic rings. The van der Waals surface area contributed by atoms with E-state index in [9.17, 15) is 14.2 Å². The molecule has 0 saturated heterocycles. The quantitative estimate of drug-likeness (QED) is 0.461. The largest absolute Gasteiger partial charge is 0.394 e. The van der Waals surface area contributed by atoms with Gasteiger partial charge in [0.2, 0.25) is 0 Å². The Hall–Kier alpha value is -1.25. The van der Waals surface area contributed by atoms with Crippen LogP contribution < -0.4 is 11.2 Å². The zero-order chi connectivity index (χ0) is 14.6. The SMILES string of the molecule is Cc1c[nH]c(=O)n(C[C@@H](CO)OCP(=O)(O)O)c1=O. The summed E-state index contributed by atoms with van der Waals surface area (Å²) in [6.07, 6.45) is -0.698. The van der Waals surface area contributed by atoms with Gasteiger partial charge in [0, 0.05) is 11.8 Å². The first kappa shape index (κ1) is 15.8. The number of aryl methyl sites for hydroxylation is 1. The Bertz CT molecular complexity index is 587. The monoisotopic (exact) mass is 294 g/mol. The van der Waals surface area contributed by atoms with Crippen molar-refractivity contribution in [3.8, 4) is 0 Å². The number of hydrogen-bond donors (Lipinski definition) is 4. The minimum Gasteiger partial charge on any atom is -0.394 e. The number of aromatic nitrogens is 2. The summed E-state index contributed by atoms with van der Waals surface area (Å²) in [5.41, 5.74) is -0.943. The van der Waals surface area contributed by atoms with Crippen LogP contribution in [-0.2, 0) is 15.8 Å². The minimum atomic E-state index is -4.38. The average molecular weight is 294 g/mol. The predicted octanol–water partition coefficient (Wildman–Crippen LogP) is -1.64. The lowest BCUT2D eigenvalue weighted by Crippen LogP contribution is -2.40. The summed E-state index contributed by atoms with van der Waals surface area (Å²) >= 11 is 0. The van der Waals surface area contributed by atoms with Gasteiger partial charge in [-0.05, 0) is 6.92 Å². The number of hydrogen-bond acceptors (Lipinski definition) is 5. The first-order valence-electron chi connectivity index (χ1n) is 5.30. The molecule has 0 aromatic carbocycles. The van der Waals surface area contributed by atoms with Gasteiger partial charge in [-0.3, -0.25) is 13.9 Å². The van der Waals surface area contributed by atoms with Gasteiger partial charge in [0.1, 0.15) is 6.35 Å². The van der Waals surface area contributed by atoms with Crippen LogP contribution >= 0.6 is 7.60 Å². The zero-order valence-electron chi connectivity index (χ0n) is 10.1. The molecule has 1 atom stereocenters. The third kappa shape index (κ3) is 4.73.